The van der Waals surface area contributed by atoms with Crippen molar-refractivity contribution in [3.63, 3.8) is 0 Å². The number of nitrogens with zero attached hydrogens (tertiary/aromatic N) is 2. The summed E-state index contributed by atoms with van der Waals surface area (Å²) in [5.74, 6) is 0. The highest BCUT2D eigenvalue weighted by atomic mass is 19.1. The van der Waals surface area contributed by atoms with Gasteiger partial charge in [0.2, 0.25) is 0 Å². The summed E-state index contributed by atoms with van der Waals surface area (Å²) in [6, 6.07) is -1.38. The number of amides is 2. The van der Waals surface area contributed by atoms with Gasteiger partial charge in [-0.05, 0) is 39.8 Å². The number of carbonyl (C=O) groups is 1. The molecule has 2 bridgehead atoms. The van der Waals surface area contributed by atoms with Gasteiger partial charge < -0.3 is 15.4 Å². The van der Waals surface area contributed by atoms with Crippen LogP contribution in [0.4, 0.5) is 13.6 Å². The zero-order valence-corrected chi connectivity index (χ0v) is 17.0. The van der Waals surface area contributed by atoms with Crippen molar-refractivity contribution in [2.45, 2.75) is 87.2 Å². The Morgan fingerprint density at radius 1 is 1.14 bits per heavy atom. The van der Waals surface area contributed by atoms with Gasteiger partial charge >= 0.3 is 6.03 Å². The third-order valence-corrected chi connectivity index (χ3v) is 7.39. The lowest BCUT2D eigenvalue weighted by Crippen LogP contribution is -2.76. The predicted octanol–water partition coefficient (Wildman–Crippen LogP) is -0.487. The molecule has 4 N–H and O–H groups in total. The molecule has 5 fully saturated rings. The van der Waals surface area contributed by atoms with Gasteiger partial charge in [-0.15, -0.1) is 0 Å². The zero-order valence-electron chi connectivity index (χ0n) is 17.0. The quantitative estimate of drug-likeness (QED) is 0.429. The van der Waals surface area contributed by atoms with E-state index >= 15 is 4.39 Å². The summed E-state index contributed by atoms with van der Waals surface area (Å²) in [4.78, 5) is 16.5. The van der Waals surface area contributed by atoms with E-state index < -0.39 is 18.5 Å². The number of rotatable bonds is 0. The summed E-state index contributed by atoms with van der Waals surface area (Å²) in [6.07, 6.45) is -1.75. The van der Waals surface area contributed by atoms with Crippen LogP contribution in [0.25, 0.3) is 0 Å². The Morgan fingerprint density at radius 2 is 1.97 bits per heavy atom. The minimum absolute atomic E-state index is 0.0253. The van der Waals surface area contributed by atoms with E-state index in [2.05, 4.69) is 21.3 Å². The molecule has 0 aromatic rings. The fourth-order valence-electron chi connectivity index (χ4n) is 5.96. The lowest BCUT2D eigenvalue weighted by atomic mass is 9.83. The van der Waals surface area contributed by atoms with Crippen LogP contribution in [-0.2, 0) is 4.74 Å². The summed E-state index contributed by atoms with van der Waals surface area (Å²) in [5.41, 5.74) is 0. The first-order valence-electron chi connectivity index (χ1n) is 10.9. The van der Waals surface area contributed by atoms with Crippen molar-refractivity contribution in [2.75, 3.05) is 26.7 Å². The van der Waals surface area contributed by atoms with Crippen molar-refractivity contribution in [2.24, 2.45) is 0 Å². The number of piperidine rings is 3. The summed E-state index contributed by atoms with van der Waals surface area (Å²) in [6.45, 7) is 3.70. The maximum absolute atomic E-state index is 15.3. The summed E-state index contributed by atoms with van der Waals surface area (Å²) in [7, 11) is 1.93. The minimum atomic E-state index is -1.24. The van der Waals surface area contributed by atoms with Crippen LogP contribution < -0.4 is 21.3 Å². The van der Waals surface area contributed by atoms with Crippen molar-refractivity contribution in [1.29, 1.82) is 0 Å². The first-order chi connectivity index (χ1) is 13.9. The number of hydrogen-bond acceptors (Lipinski definition) is 6. The van der Waals surface area contributed by atoms with E-state index in [4.69, 9.17) is 4.74 Å². The molecule has 0 spiro atoms. The summed E-state index contributed by atoms with van der Waals surface area (Å²) < 4.78 is 36.7. The maximum Gasteiger partial charge on any atom is 0.320 e. The number of urea groups is 1. The van der Waals surface area contributed by atoms with Crippen LogP contribution in [0.2, 0.25) is 0 Å². The van der Waals surface area contributed by atoms with Gasteiger partial charge in [0.25, 0.3) is 0 Å². The second-order valence-electron chi connectivity index (χ2n) is 9.23. The second-order valence-corrected chi connectivity index (χ2v) is 9.23. The molecule has 9 unspecified atom stereocenters. The SMILES string of the molecule is C[C@H]1CCN(C)C2C(F)CNC3CC(F)C(NC32)N2C(=O)NC3NCCC(O1)C32. The number of alkyl halides is 2. The fourth-order valence-corrected chi connectivity index (χ4v) is 5.96. The molecule has 0 aromatic carbocycles. The number of carbonyl (C=O) groups excluding carboxylic acids is 1. The topological polar surface area (TPSA) is 80.9 Å². The van der Waals surface area contributed by atoms with Crippen LogP contribution in [0.5, 0.6) is 0 Å². The molecule has 8 nitrogen and oxygen atoms in total. The van der Waals surface area contributed by atoms with Gasteiger partial charge in [0.1, 0.15) is 24.7 Å². The highest BCUT2D eigenvalue weighted by molar-refractivity contribution is 5.78. The summed E-state index contributed by atoms with van der Waals surface area (Å²) in [5, 5.41) is 12.8. The molecule has 10 heteroatoms. The lowest BCUT2D eigenvalue weighted by molar-refractivity contribution is -0.0949. The number of halogens is 2. The smallest absolute Gasteiger partial charge is 0.320 e. The van der Waals surface area contributed by atoms with Crippen LogP contribution >= 0.6 is 0 Å². The molecular weight excluding hydrogens is 382 g/mol. The van der Waals surface area contributed by atoms with Crippen LogP contribution in [0.15, 0.2) is 0 Å². The van der Waals surface area contributed by atoms with Gasteiger partial charge in [-0.25, -0.2) is 13.6 Å². The van der Waals surface area contributed by atoms with E-state index in [9.17, 15) is 9.18 Å². The normalized spacial score (nSPS) is 50.9. The molecule has 29 heavy (non-hydrogen) atoms. The molecule has 0 aromatic heterocycles. The van der Waals surface area contributed by atoms with Crippen molar-refractivity contribution in [3.05, 3.63) is 0 Å². The largest absolute Gasteiger partial charge is 0.373 e. The fraction of sp³-hybridized carbons (Fsp3) is 0.947. The molecular formula is C19H32F2N6O2. The number of likely N-dealkylation sites (N-methyl/N-ethyl adjacent to an activating group) is 1. The number of hydrogen-bond donors (Lipinski definition) is 4. The molecule has 5 saturated heterocycles. The number of nitrogens with one attached hydrogen (secondary N) is 4. The van der Waals surface area contributed by atoms with E-state index in [-0.39, 0.29) is 61.5 Å². The van der Waals surface area contributed by atoms with E-state index in [1.54, 1.807) is 4.90 Å². The third-order valence-electron chi connectivity index (χ3n) is 7.39. The van der Waals surface area contributed by atoms with Gasteiger partial charge in [0.15, 0.2) is 0 Å². The second kappa shape index (κ2) is 7.56. The van der Waals surface area contributed by atoms with E-state index in [1.165, 1.54) is 0 Å². The molecule has 10 atom stereocenters. The van der Waals surface area contributed by atoms with Crippen LogP contribution in [0.3, 0.4) is 0 Å². The highest BCUT2D eigenvalue weighted by Crippen LogP contribution is 2.34. The molecule has 5 rings (SSSR count). The molecule has 0 saturated carbocycles. The van der Waals surface area contributed by atoms with Gasteiger partial charge in [-0.2, -0.15) is 0 Å². The molecule has 0 radical (unpaired) electrons. The summed E-state index contributed by atoms with van der Waals surface area (Å²) >= 11 is 0. The Labute approximate surface area is 170 Å². The van der Waals surface area contributed by atoms with E-state index in [0.717, 1.165) is 19.4 Å². The van der Waals surface area contributed by atoms with Gasteiger partial charge in [-0.1, -0.05) is 0 Å². The van der Waals surface area contributed by atoms with Crippen molar-refractivity contribution < 1.29 is 18.3 Å². The Morgan fingerprint density at radius 3 is 2.79 bits per heavy atom. The molecule has 5 heterocycles. The molecule has 164 valence electrons. The molecule has 2 amide bonds. The van der Waals surface area contributed by atoms with E-state index in [0.29, 0.717) is 6.54 Å². The zero-order chi connectivity index (χ0) is 20.3. The monoisotopic (exact) mass is 414 g/mol. The average molecular weight is 415 g/mol. The Balaban J connectivity index is 1.52. The molecule has 5 aliphatic heterocycles. The Hall–Kier alpha value is -1.07. The maximum atomic E-state index is 15.3. The number of ether oxygens (including phenoxy) is 1. The minimum Gasteiger partial charge on any atom is -0.373 e. The average Bonchev–Trinajstić information content (AvgIpc) is 3.02. The third kappa shape index (κ3) is 3.33. The predicted molar refractivity (Wildman–Crippen MR) is 103 cm³/mol. The van der Waals surface area contributed by atoms with Crippen LogP contribution in [0, 0.1) is 0 Å². The van der Waals surface area contributed by atoms with Crippen molar-refractivity contribution in [3.8, 4) is 0 Å². The first-order valence-corrected chi connectivity index (χ1v) is 10.9. The van der Waals surface area contributed by atoms with Crippen molar-refractivity contribution >= 4 is 6.03 Å². The van der Waals surface area contributed by atoms with E-state index in [1.807, 2.05) is 18.9 Å². The first kappa shape index (κ1) is 19.9. The standard InChI is InChI=1S/C19H32F2N6O2/c1-9-4-6-26(2)15-11(21)8-23-12-7-10(20)18(24-14(12)15)27-16-13(29-9)3-5-22-17(16)25-19(27)28/h9-18,22-24H,3-8H2,1-2H3,(H,25,28)/t9-,10?,11?,12?,13?,14?,15?,16?,17?,18?/m0/s1. The Kier molecular flexibility index (Phi) is 5.18. The molecule has 5 aliphatic rings. The lowest BCUT2D eigenvalue weighted by Gasteiger charge is -2.53. The Bertz CT molecular complexity index is 644. The van der Waals surface area contributed by atoms with Gasteiger partial charge in [0, 0.05) is 25.2 Å². The highest BCUT2D eigenvalue weighted by Gasteiger charge is 2.55. The number of fused-ring (bicyclic) bond motifs is 2. The molecule has 0 aliphatic carbocycles. The van der Waals surface area contributed by atoms with Crippen molar-refractivity contribution in [1.82, 2.24) is 31.1 Å². The van der Waals surface area contributed by atoms with Crippen LogP contribution in [-0.4, -0.2) is 104 Å². The van der Waals surface area contributed by atoms with Crippen LogP contribution in [0.1, 0.15) is 26.2 Å². The van der Waals surface area contributed by atoms with Gasteiger partial charge in [-0.3, -0.25) is 20.4 Å². The van der Waals surface area contributed by atoms with Gasteiger partial charge in [0.05, 0.1) is 24.3 Å².